The maximum atomic E-state index is 12.5. The number of methoxy groups -OCH3 is 1. The summed E-state index contributed by atoms with van der Waals surface area (Å²) >= 11 is 0. The number of benzene rings is 1. The topological polar surface area (TPSA) is 55.6 Å². The van der Waals surface area contributed by atoms with Crippen molar-refractivity contribution in [2.75, 3.05) is 19.4 Å². The van der Waals surface area contributed by atoms with Gasteiger partial charge in [0.2, 0.25) is 0 Å². The number of amides is 1. The highest BCUT2D eigenvalue weighted by molar-refractivity contribution is 5.84. The van der Waals surface area contributed by atoms with Crippen molar-refractivity contribution >= 4 is 11.6 Å². The number of nitrogens with two attached hydrogens (primary N) is 1. The molecule has 0 unspecified atom stereocenters. The fraction of sp³-hybridized carbons (Fsp3) is 0.533. The van der Waals surface area contributed by atoms with Gasteiger partial charge in [-0.25, -0.2) is 0 Å². The Morgan fingerprint density at radius 2 is 2.00 bits per heavy atom. The number of ether oxygens (including phenoxy) is 1. The van der Waals surface area contributed by atoms with E-state index in [9.17, 15) is 4.79 Å². The van der Waals surface area contributed by atoms with Gasteiger partial charge in [0.25, 0.3) is 5.91 Å². The number of carbonyl (C=O) groups excluding carboxylic acids is 1. The quantitative estimate of drug-likeness (QED) is 0.803. The summed E-state index contributed by atoms with van der Waals surface area (Å²) < 4.78 is 5.27. The van der Waals surface area contributed by atoms with Gasteiger partial charge in [0, 0.05) is 25.9 Å². The zero-order valence-electron chi connectivity index (χ0n) is 12.3. The largest absolute Gasteiger partial charge is 0.398 e. The number of hydrogen-bond acceptors (Lipinski definition) is 3. The molecular weight excluding hydrogens is 240 g/mol. The van der Waals surface area contributed by atoms with Crippen LogP contribution < -0.4 is 5.73 Å². The van der Waals surface area contributed by atoms with Gasteiger partial charge in [0.05, 0.1) is 0 Å². The van der Waals surface area contributed by atoms with Crippen LogP contribution in [0.2, 0.25) is 0 Å². The molecule has 0 radical (unpaired) electrons. The summed E-state index contributed by atoms with van der Waals surface area (Å²) in [7, 11) is 1.55. The Labute approximate surface area is 115 Å². The first-order chi connectivity index (χ1) is 8.92. The lowest BCUT2D eigenvalue weighted by molar-refractivity contribution is -0.151. The standard InChI is InChI=1S/C15H24N2O2/c1-5-10-17(14(18)15(2,3)19-4)11-12-8-6-7-9-13(12)16/h6-9H,5,10-11,16H2,1-4H3. The van der Waals surface area contributed by atoms with Crippen LogP contribution >= 0.6 is 0 Å². The summed E-state index contributed by atoms with van der Waals surface area (Å²) in [5, 5.41) is 0. The molecule has 0 aliphatic heterocycles. The fourth-order valence-electron chi connectivity index (χ4n) is 1.87. The maximum Gasteiger partial charge on any atom is 0.254 e. The van der Waals surface area contributed by atoms with E-state index in [-0.39, 0.29) is 5.91 Å². The third-order valence-electron chi connectivity index (χ3n) is 3.22. The number of nitrogen functional groups attached to an aromatic ring is 1. The van der Waals surface area contributed by atoms with Crippen molar-refractivity contribution in [1.29, 1.82) is 0 Å². The number of rotatable bonds is 6. The van der Waals surface area contributed by atoms with Crippen LogP contribution in [0.3, 0.4) is 0 Å². The predicted molar refractivity (Wildman–Crippen MR) is 77.7 cm³/mol. The Balaban J connectivity index is 2.90. The molecule has 0 saturated heterocycles. The Kier molecular flexibility index (Phi) is 5.36. The molecule has 0 aromatic heterocycles. The lowest BCUT2D eigenvalue weighted by Gasteiger charge is -2.31. The zero-order valence-corrected chi connectivity index (χ0v) is 12.3. The minimum absolute atomic E-state index is 0.0138. The van der Waals surface area contributed by atoms with Crippen LogP contribution in [0.15, 0.2) is 24.3 Å². The molecule has 4 nitrogen and oxygen atoms in total. The van der Waals surface area contributed by atoms with E-state index in [1.54, 1.807) is 25.9 Å². The second kappa shape index (κ2) is 6.57. The van der Waals surface area contributed by atoms with E-state index < -0.39 is 5.60 Å². The van der Waals surface area contributed by atoms with Crippen molar-refractivity contribution in [3.05, 3.63) is 29.8 Å². The second-order valence-electron chi connectivity index (χ2n) is 5.14. The fourth-order valence-corrected chi connectivity index (χ4v) is 1.87. The molecule has 1 aromatic rings. The molecule has 2 N–H and O–H groups in total. The normalized spacial score (nSPS) is 11.4. The van der Waals surface area contributed by atoms with Gasteiger partial charge in [-0.05, 0) is 31.9 Å². The van der Waals surface area contributed by atoms with Crippen LogP contribution in [-0.2, 0) is 16.1 Å². The van der Waals surface area contributed by atoms with Crippen molar-refractivity contribution in [2.45, 2.75) is 39.3 Å². The Morgan fingerprint density at radius 3 is 2.53 bits per heavy atom. The molecule has 0 aliphatic rings. The first kappa shape index (κ1) is 15.5. The smallest absolute Gasteiger partial charge is 0.254 e. The lowest BCUT2D eigenvalue weighted by Crippen LogP contribution is -2.46. The van der Waals surface area contributed by atoms with E-state index in [1.165, 1.54) is 0 Å². The highest BCUT2D eigenvalue weighted by Crippen LogP contribution is 2.18. The summed E-state index contributed by atoms with van der Waals surface area (Å²) in [4.78, 5) is 14.3. The molecule has 1 rings (SSSR count). The van der Waals surface area contributed by atoms with Gasteiger partial charge in [0.1, 0.15) is 5.60 Å². The molecule has 0 atom stereocenters. The van der Waals surface area contributed by atoms with E-state index >= 15 is 0 Å². The number of para-hydroxylation sites is 1. The van der Waals surface area contributed by atoms with Crippen molar-refractivity contribution in [3.63, 3.8) is 0 Å². The second-order valence-corrected chi connectivity index (χ2v) is 5.14. The Morgan fingerprint density at radius 1 is 1.37 bits per heavy atom. The Bertz CT molecular complexity index is 430. The van der Waals surface area contributed by atoms with E-state index in [0.29, 0.717) is 18.8 Å². The predicted octanol–water partition coefficient (Wildman–Crippen LogP) is 2.43. The van der Waals surface area contributed by atoms with Crippen LogP contribution in [0.4, 0.5) is 5.69 Å². The van der Waals surface area contributed by atoms with E-state index in [1.807, 2.05) is 24.3 Å². The summed E-state index contributed by atoms with van der Waals surface area (Å²) in [6.07, 6.45) is 0.901. The van der Waals surface area contributed by atoms with Crippen molar-refractivity contribution in [2.24, 2.45) is 0 Å². The average Bonchev–Trinajstić information content (AvgIpc) is 2.39. The van der Waals surface area contributed by atoms with Crippen LogP contribution in [-0.4, -0.2) is 30.1 Å². The number of carbonyl (C=O) groups is 1. The van der Waals surface area contributed by atoms with Crippen molar-refractivity contribution < 1.29 is 9.53 Å². The number of anilines is 1. The molecule has 19 heavy (non-hydrogen) atoms. The third-order valence-corrected chi connectivity index (χ3v) is 3.22. The van der Waals surface area contributed by atoms with E-state index in [0.717, 1.165) is 12.0 Å². The Hall–Kier alpha value is -1.55. The molecule has 1 amide bonds. The summed E-state index contributed by atoms with van der Waals surface area (Å²) in [6.45, 7) is 6.83. The third kappa shape index (κ3) is 3.96. The SMILES string of the molecule is CCCN(Cc1ccccc1N)C(=O)C(C)(C)OC. The van der Waals surface area contributed by atoms with Crippen molar-refractivity contribution in [3.8, 4) is 0 Å². The minimum atomic E-state index is -0.807. The summed E-state index contributed by atoms with van der Waals surface area (Å²) in [5.41, 5.74) is 6.81. The van der Waals surface area contributed by atoms with Gasteiger partial charge in [-0.3, -0.25) is 4.79 Å². The van der Waals surface area contributed by atoms with Crippen LogP contribution in [0.5, 0.6) is 0 Å². The van der Waals surface area contributed by atoms with Crippen LogP contribution in [0.1, 0.15) is 32.8 Å². The van der Waals surface area contributed by atoms with Gasteiger partial charge in [-0.1, -0.05) is 25.1 Å². The first-order valence-corrected chi connectivity index (χ1v) is 6.60. The minimum Gasteiger partial charge on any atom is -0.398 e. The molecule has 0 fully saturated rings. The molecular formula is C15H24N2O2. The van der Waals surface area contributed by atoms with Gasteiger partial charge in [-0.2, -0.15) is 0 Å². The first-order valence-electron chi connectivity index (χ1n) is 6.60. The highest BCUT2D eigenvalue weighted by atomic mass is 16.5. The maximum absolute atomic E-state index is 12.5. The van der Waals surface area contributed by atoms with Gasteiger partial charge >= 0.3 is 0 Å². The highest BCUT2D eigenvalue weighted by Gasteiger charge is 2.31. The monoisotopic (exact) mass is 264 g/mol. The lowest BCUT2D eigenvalue weighted by atomic mass is 10.1. The zero-order chi connectivity index (χ0) is 14.5. The van der Waals surface area contributed by atoms with Crippen LogP contribution in [0.25, 0.3) is 0 Å². The van der Waals surface area contributed by atoms with Gasteiger partial charge in [-0.15, -0.1) is 0 Å². The molecule has 0 aliphatic carbocycles. The summed E-state index contributed by atoms with van der Waals surface area (Å²) in [6, 6.07) is 7.63. The molecule has 106 valence electrons. The van der Waals surface area contributed by atoms with Crippen molar-refractivity contribution in [1.82, 2.24) is 4.90 Å². The molecule has 4 heteroatoms. The molecule has 0 saturated carbocycles. The number of hydrogen-bond donors (Lipinski definition) is 1. The molecule has 0 bridgehead atoms. The van der Waals surface area contributed by atoms with Gasteiger partial charge in [0.15, 0.2) is 0 Å². The molecule has 0 heterocycles. The van der Waals surface area contributed by atoms with E-state index in [4.69, 9.17) is 10.5 Å². The average molecular weight is 264 g/mol. The van der Waals surface area contributed by atoms with E-state index in [2.05, 4.69) is 6.92 Å². The number of nitrogens with zero attached hydrogens (tertiary/aromatic N) is 1. The summed E-state index contributed by atoms with van der Waals surface area (Å²) in [5.74, 6) is -0.0138. The van der Waals surface area contributed by atoms with Gasteiger partial charge < -0.3 is 15.4 Å². The molecule has 1 aromatic carbocycles. The molecule has 0 spiro atoms. The van der Waals surface area contributed by atoms with Crippen LogP contribution in [0, 0.1) is 0 Å².